The second-order valence-corrected chi connectivity index (χ2v) is 20.3. The molecule has 1 aliphatic heterocycles. The van der Waals surface area contributed by atoms with E-state index in [4.69, 9.17) is 19.9 Å². The third-order valence-corrected chi connectivity index (χ3v) is 14.6. The summed E-state index contributed by atoms with van der Waals surface area (Å²) >= 11 is 0. The Labute approximate surface area is 407 Å². The molecule has 14 heteroatoms. The van der Waals surface area contributed by atoms with Crippen LogP contribution in [0.3, 0.4) is 0 Å². The van der Waals surface area contributed by atoms with Gasteiger partial charge >= 0.3 is 17.9 Å². The van der Waals surface area contributed by atoms with Gasteiger partial charge in [0.25, 0.3) is 0 Å². The highest BCUT2D eigenvalue weighted by atomic mass is 16.6. The molecule has 1 heterocycles. The largest absolute Gasteiger partial charge is 0.462 e. The number of nitrogens with one attached hydrogen (secondary N) is 1. The number of amides is 1. The van der Waals surface area contributed by atoms with Crippen molar-refractivity contribution in [3.63, 3.8) is 0 Å². The van der Waals surface area contributed by atoms with Crippen molar-refractivity contribution < 1.29 is 58.9 Å². The van der Waals surface area contributed by atoms with Crippen molar-refractivity contribution in [2.75, 3.05) is 13.1 Å². The fraction of sp³-hybridized carbons (Fsp3) is 0.778. The van der Waals surface area contributed by atoms with E-state index < -0.39 is 36.6 Å². The topological polar surface area (TPSA) is 235 Å². The van der Waals surface area contributed by atoms with Crippen molar-refractivity contribution in [2.24, 2.45) is 53.1 Å². The number of carbonyl (C=O) groups is 4. The molecule has 8 N–H and O–H groups in total. The van der Waals surface area contributed by atoms with Crippen molar-refractivity contribution in [3.05, 3.63) is 47.6 Å². The normalized spacial score (nSPS) is 31.2. The monoisotopic (exact) mass is 959 g/mol. The lowest BCUT2D eigenvalue weighted by Gasteiger charge is -2.43. The van der Waals surface area contributed by atoms with Crippen LogP contribution in [0.15, 0.2) is 47.6 Å². The number of hydrogen-bond donors (Lipinski definition) is 7. The standard InChI is InChI=1S/C27H45NO6.C23H34O6.C4H11N/c1-5-7-12-28-25(32)16-22(31)14-20(29)10-11-23-18(4)8-9-19-13-21(30)15-24(26(19)23)34-27(33)17(3)6-2;1-4-13(2)23(27)29-20-11-16(24)9-15-6-5-14(3)19(22(15)20)8-7-18-10-17(25)12-21(26)28-18;1-2-3-4-5/h8-9,13,17-18,20-24,26,29-31H,5-7,10-12,14-16H2,1-4H3,(H,28,32);5-6,9,13-14,16-20,22,24-25H,4,7-8,10-12H2,1-3H3;2-5H2,1H3/t17-,18-,20+,21-,22+,23-,24-,26-;13-,14-,16-,17+,18+,19-,20-,22-;/m00./s1. The highest BCUT2D eigenvalue weighted by Gasteiger charge is 2.44. The van der Waals surface area contributed by atoms with Crippen LogP contribution in [0.1, 0.15) is 158 Å². The number of cyclic esters (lactones) is 1. The van der Waals surface area contributed by atoms with Crippen LogP contribution in [0.25, 0.3) is 0 Å². The number of ether oxygens (including phenoxy) is 3. The van der Waals surface area contributed by atoms with Crippen LogP contribution in [0.5, 0.6) is 0 Å². The number of esters is 3. The molecule has 0 aromatic rings. The molecule has 68 heavy (non-hydrogen) atoms. The molecule has 1 fully saturated rings. The van der Waals surface area contributed by atoms with E-state index in [1.54, 1.807) is 0 Å². The van der Waals surface area contributed by atoms with Gasteiger partial charge in [0.2, 0.25) is 5.91 Å². The number of rotatable bonds is 21. The van der Waals surface area contributed by atoms with Gasteiger partial charge < -0.3 is 50.8 Å². The van der Waals surface area contributed by atoms with Crippen LogP contribution >= 0.6 is 0 Å². The van der Waals surface area contributed by atoms with Gasteiger partial charge in [-0.2, -0.15) is 0 Å². The molecule has 0 unspecified atom stereocenters. The molecule has 388 valence electrons. The number of hydrogen-bond acceptors (Lipinski definition) is 13. The van der Waals surface area contributed by atoms with Crippen LogP contribution in [0.2, 0.25) is 0 Å². The van der Waals surface area contributed by atoms with Crippen LogP contribution in [-0.4, -0.2) is 111 Å². The number of allylic oxidation sites excluding steroid dienone is 4. The van der Waals surface area contributed by atoms with Gasteiger partial charge in [-0.1, -0.05) is 105 Å². The maximum absolute atomic E-state index is 12.5. The first-order valence-corrected chi connectivity index (χ1v) is 26.1. The predicted molar refractivity (Wildman–Crippen MR) is 263 cm³/mol. The fourth-order valence-electron chi connectivity index (χ4n) is 10.0. The van der Waals surface area contributed by atoms with Crippen LogP contribution in [0, 0.1) is 47.3 Å². The van der Waals surface area contributed by atoms with E-state index in [9.17, 15) is 44.7 Å². The highest BCUT2D eigenvalue weighted by Crippen LogP contribution is 2.46. The molecular formula is C54H90N2O12. The number of unbranched alkanes of at least 4 members (excludes halogenated alkanes) is 2. The average molecular weight is 959 g/mol. The van der Waals surface area contributed by atoms with E-state index in [1.807, 2.05) is 58.9 Å². The molecule has 14 nitrogen and oxygen atoms in total. The smallest absolute Gasteiger partial charge is 0.308 e. The molecule has 1 saturated heterocycles. The number of nitrogens with two attached hydrogens (primary N) is 1. The van der Waals surface area contributed by atoms with Gasteiger partial charge in [0.05, 0.1) is 55.2 Å². The maximum Gasteiger partial charge on any atom is 0.308 e. The summed E-state index contributed by atoms with van der Waals surface area (Å²) in [4.78, 5) is 48.5. The lowest BCUT2D eigenvalue weighted by atomic mass is 9.66. The van der Waals surface area contributed by atoms with Crippen LogP contribution < -0.4 is 11.1 Å². The first kappa shape index (κ1) is 58.9. The van der Waals surface area contributed by atoms with Gasteiger partial charge in [-0.25, -0.2) is 0 Å². The SMILES string of the molecule is CCCCN.CCCCNC(=O)C[C@H](O)C[C@H](O)CC[C@@H]1[C@@H]2C(=C[C@H](O)C[C@@H]2OC(=O)[C@@H](C)CC)C=C[C@@H]1C.CC[C@H](C)C(=O)O[C@H]1C[C@@H](O)C=C2C=C[C@H](C)[C@H](CC[C@@H]3C[C@@H](O)CC(=O)O3)[C@H]21. The molecule has 4 aliphatic carbocycles. The third-order valence-electron chi connectivity index (χ3n) is 14.6. The second-order valence-electron chi connectivity index (χ2n) is 20.3. The summed E-state index contributed by atoms with van der Waals surface area (Å²) in [7, 11) is 0. The first-order chi connectivity index (χ1) is 32.3. The summed E-state index contributed by atoms with van der Waals surface area (Å²) < 4.78 is 17.2. The molecule has 5 aliphatic rings. The Bertz CT molecular complexity index is 1680. The van der Waals surface area contributed by atoms with E-state index in [2.05, 4.69) is 38.2 Å². The Balaban J connectivity index is 0.000000330. The molecule has 1 amide bonds. The van der Waals surface area contributed by atoms with Crippen molar-refractivity contribution in [3.8, 4) is 0 Å². The van der Waals surface area contributed by atoms with E-state index in [-0.39, 0.29) is 103 Å². The fourth-order valence-corrected chi connectivity index (χ4v) is 10.0. The third kappa shape index (κ3) is 19.1. The number of fused-ring (bicyclic) bond motifs is 2. The summed E-state index contributed by atoms with van der Waals surface area (Å²) in [5.74, 6) is -0.484. The zero-order chi connectivity index (χ0) is 50.5. The summed E-state index contributed by atoms with van der Waals surface area (Å²) in [6.45, 7) is 17.5. The van der Waals surface area contributed by atoms with E-state index in [0.29, 0.717) is 51.5 Å². The minimum atomic E-state index is -0.884. The van der Waals surface area contributed by atoms with E-state index >= 15 is 0 Å². The summed E-state index contributed by atoms with van der Waals surface area (Å²) in [5.41, 5.74) is 7.15. The van der Waals surface area contributed by atoms with Gasteiger partial charge in [0, 0.05) is 37.6 Å². The number of aliphatic hydroxyl groups is 5. The summed E-state index contributed by atoms with van der Waals surface area (Å²) in [5, 5.41) is 54.1. The Morgan fingerprint density at radius 1 is 0.765 bits per heavy atom. The van der Waals surface area contributed by atoms with Crippen LogP contribution in [0.4, 0.5) is 0 Å². The lowest BCUT2D eigenvalue weighted by Crippen LogP contribution is -2.43. The van der Waals surface area contributed by atoms with Gasteiger partial charge in [-0.05, 0) is 99.1 Å². The Morgan fingerprint density at radius 3 is 1.74 bits per heavy atom. The molecule has 0 radical (unpaired) electrons. The highest BCUT2D eigenvalue weighted by molar-refractivity contribution is 5.76. The van der Waals surface area contributed by atoms with E-state index in [0.717, 1.165) is 43.4 Å². The first-order valence-electron chi connectivity index (χ1n) is 26.1. The minimum absolute atomic E-state index is 0.00954. The van der Waals surface area contributed by atoms with Crippen LogP contribution in [-0.2, 0) is 33.4 Å². The zero-order valence-corrected chi connectivity index (χ0v) is 42.6. The molecule has 0 aromatic carbocycles. The lowest BCUT2D eigenvalue weighted by molar-refractivity contribution is -0.162. The number of carbonyl (C=O) groups excluding carboxylic acids is 4. The van der Waals surface area contributed by atoms with Gasteiger partial charge in [0.15, 0.2) is 0 Å². The Kier molecular flexibility index (Phi) is 26.3. The van der Waals surface area contributed by atoms with Crippen molar-refractivity contribution >= 4 is 23.8 Å². The molecule has 0 spiro atoms. The Morgan fingerprint density at radius 2 is 1.28 bits per heavy atom. The van der Waals surface area contributed by atoms with Gasteiger partial charge in [0.1, 0.15) is 18.3 Å². The number of aliphatic hydroxyl groups excluding tert-OH is 5. The molecule has 0 bridgehead atoms. The quantitative estimate of drug-likeness (QED) is 0.0352. The zero-order valence-electron chi connectivity index (χ0n) is 42.6. The summed E-state index contributed by atoms with van der Waals surface area (Å²) in [6.07, 6.45) is 17.3. The van der Waals surface area contributed by atoms with E-state index in [1.165, 1.54) is 12.8 Å². The maximum atomic E-state index is 12.5. The van der Waals surface area contributed by atoms with Gasteiger partial charge in [-0.3, -0.25) is 19.2 Å². The van der Waals surface area contributed by atoms with Crippen molar-refractivity contribution in [1.29, 1.82) is 0 Å². The molecule has 5 rings (SSSR count). The predicted octanol–water partition coefficient (Wildman–Crippen LogP) is 6.94. The second kappa shape index (κ2) is 30.4. The van der Waals surface area contributed by atoms with Crippen molar-refractivity contribution in [1.82, 2.24) is 5.32 Å². The summed E-state index contributed by atoms with van der Waals surface area (Å²) in [6, 6.07) is 0. The van der Waals surface area contributed by atoms with Crippen molar-refractivity contribution in [2.45, 2.75) is 207 Å². The van der Waals surface area contributed by atoms with Gasteiger partial charge in [-0.15, -0.1) is 0 Å². The average Bonchev–Trinajstić information content (AvgIpc) is 3.28. The minimum Gasteiger partial charge on any atom is -0.462 e. The molecule has 0 aromatic heterocycles. The Hall–Kier alpha value is -3.40. The molecule has 0 saturated carbocycles. The molecular weight excluding hydrogens is 869 g/mol. The molecule has 16 atom stereocenters.